The van der Waals surface area contributed by atoms with E-state index in [-0.39, 0.29) is 6.61 Å². The second kappa shape index (κ2) is 7.45. The van der Waals surface area contributed by atoms with Crippen LogP contribution in [0.15, 0.2) is 46.9 Å². The Hall–Kier alpha value is -1.56. The van der Waals surface area contributed by atoms with Gasteiger partial charge in [-0.15, -0.1) is 0 Å². The first kappa shape index (κ1) is 15.8. The number of halogens is 1. The predicted molar refractivity (Wildman–Crippen MR) is 85.5 cm³/mol. The van der Waals surface area contributed by atoms with E-state index in [9.17, 15) is 0 Å². The highest BCUT2D eigenvalue weighted by molar-refractivity contribution is 9.10. The third-order valence-electron chi connectivity index (χ3n) is 3.14. The fourth-order valence-electron chi connectivity index (χ4n) is 1.94. The normalized spacial score (nSPS) is 12.0. The first-order valence-electron chi connectivity index (χ1n) is 6.55. The Kier molecular flexibility index (Phi) is 5.61. The molecule has 21 heavy (non-hydrogen) atoms. The van der Waals surface area contributed by atoms with Gasteiger partial charge in [-0.3, -0.25) is 0 Å². The molecule has 0 bridgehead atoms. The van der Waals surface area contributed by atoms with Crippen LogP contribution in [0.3, 0.4) is 0 Å². The molecule has 0 aliphatic carbocycles. The van der Waals surface area contributed by atoms with E-state index in [1.54, 1.807) is 7.11 Å². The highest BCUT2D eigenvalue weighted by Crippen LogP contribution is 2.25. The fourth-order valence-corrected chi connectivity index (χ4v) is 2.20. The van der Waals surface area contributed by atoms with Crippen molar-refractivity contribution in [2.45, 2.75) is 12.6 Å². The molecule has 3 N–H and O–H groups in total. The number of aliphatic hydroxyl groups excluding tert-OH is 1. The topological polar surface area (TPSA) is 64.7 Å². The van der Waals surface area contributed by atoms with Gasteiger partial charge in [-0.25, -0.2) is 0 Å². The number of hydrogen-bond acceptors (Lipinski definition) is 4. The zero-order valence-electron chi connectivity index (χ0n) is 11.8. The van der Waals surface area contributed by atoms with Crippen molar-refractivity contribution in [3.8, 4) is 11.5 Å². The second-order valence-electron chi connectivity index (χ2n) is 4.60. The summed E-state index contributed by atoms with van der Waals surface area (Å²) in [5.41, 5.74) is 7.59. The first-order valence-corrected chi connectivity index (χ1v) is 7.35. The maximum atomic E-state index is 9.15. The van der Waals surface area contributed by atoms with Crippen LogP contribution < -0.4 is 15.2 Å². The molecule has 0 saturated heterocycles. The van der Waals surface area contributed by atoms with E-state index in [0.29, 0.717) is 6.61 Å². The molecule has 0 spiro atoms. The van der Waals surface area contributed by atoms with Crippen LogP contribution in [0.4, 0.5) is 0 Å². The van der Waals surface area contributed by atoms with Gasteiger partial charge in [0.1, 0.15) is 18.1 Å². The highest BCUT2D eigenvalue weighted by atomic mass is 79.9. The van der Waals surface area contributed by atoms with Crippen LogP contribution in [-0.2, 0) is 6.61 Å². The number of benzene rings is 2. The Morgan fingerprint density at radius 2 is 1.90 bits per heavy atom. The van der Waals surface area contributed by atoms with E-state index in [1.165, 1.54) is 0 Å². The monoisotopic (exact) mass is 351 g/mol. The lowest BCUT2D eigenvalue weighted by molar-refractivity contribution is 0.267. The molecule has 0 saturated carbocycles. The molecule has 2 rings (SSSR count). The van der Waals surface area contributed by atoms with Crippen LogP contribution in [-0.4, -0.2) is 18.8 Å². The van der Waals surface area contributed by atoms with Crippen molar-refractivity contribution in [2.75, 3.05) is 13.7 Å². The molecule has 2 aromatic carbocycles. The summed E-state index contributed by atoms with van der Waals surface area (Å²) < 4.78 is 12.1. The lowest BCUT2D eigenvalue weighted by Gasteiger charge is -2.14. The number of aliphatic hydroxyl groups is 1. The lowest BCUT2D eigenvalue weighted by atomic mass is 10.0. The molecule has 5 heteroatoms. The molecular weight excluding hydrogens is 334 g/mol. The van der Waals surface area contributed by atoms with Crippen LogP contribution in [0.2, 0.25) is 0 Å². The fraction of sp³-hybridized carbons (Fsp3) is 0.250. The van der Waals surface area contributed by atoms with E-state index in [1.807, 2.05) is 42.5 Å². The van der Waals surface area contributed by atoms with E-state index in [0.717, 1.165) is 27.1 Å². The summed E-state index contributed by atoms with van der Waals surface area (Å²) in [6, 6.07) is 12.8. The molecule has 1 atom stereocenters. The van der Waals surface area contributed by atoms with Gasteiger partial charge in [-0.1, -0.05) is 22.0 Å². The van der Waals surface area contributed by atoms with Crippen molar-refractivity contribution >= 4 is 15.9 Å². The highest BCUT2D eigenvalue weighted by Gasteiger charge is 2.10. The average Bonchev–Trinajstić information content (AvgIpc) is 2.53. The Labute approximate surface area is 132 Å². The van der Waals surface area contributed by atoms with E-state index >= 15 is 0 Å². The van der Waals surface area contributed by atoms with Crippen molar-refractivity contribution in [2.24, 2.45) is 5.73 Å². The van der Waals surface area contributed by atoms with Gasteiger partial charge >= 0.3 is 0 Å². The van der Waals surface area contributed by atoms with Gasteiger partial charge in [-0.05, 0) is 42.0 Å². The maximum absolute atomic E-state index is 9.15. The molecule has 0 aliphatic rings. The summed E-state index contributed by atoms with van der Waals surface area (Å²) in [6.07, 6.45) is 0. The molecule has 0 heterocycles. The van der Waals surface area contributed by atoms with Crippen molar-refractivity contribution in [1.82, 2.24) is 0 Å². The SMILES string of the molecule is COc1ccc([C@H](N)CO)cc1COc1ccc(Br)cc1. The van der Waals surface area contributed by atoms with Crippen LogP contribution in [0.5, 0.6) is 11.5 Å². The van der Waals surface area contributed by atoms with Crippen molar-refractivity contribution < 1.29 is 14.6 Å². The summed E-state index contributed by atoms with van der Waals surface area (Å²) in [5, 5.41) is 9.15. The van der Waals surface area contributed by atoms with Gasteiger partial charge in [0.15, 0.2) is 0 Å². The number of hydrogen-bond donors (Lipinski definition) is 2. The minimum atomic E-state index is -0.401. The summed E-state index contributed by atoms with van der Waals surface area (Å²) >= 11 is 3.38. The van der Waals surface area contributed by atoms with Gasteiger partial charge < -0.3 is 20.3 Å². The maximum Gasteiger partial charge on any atom is 0.125 e. The molecule has 0 aliphatic heterocycles. The summed E-state index contributed by atoms with van der Waals surface area (Å²) in [6.45, 7) is 0.274. The van der Waals surface area contributed by atoms with E-state index in [4.69, 9.17) is 20.3 Å². The Bertz CT molecular complexity index is 587. The first-order chi connectivity index (χ1) is 10.1. The van der Waals surface area contributed by atoms with Gasteiger partial charge in [0.25, 0.3) is 0 Å². The quantitative estimate of drug-likeness (QED) is 0.839. The van der Waals surface area contributed by atoms with Crippen LogP contribution in [0.1, 0.15) is 17.2 Å². The van der Waals surface area contributed by atoms with Gasteiger partial charge in [0.05, 0.1) is 19.8 Å². The number of ether oxygens (including phenoxy) is 2. The van der Waals surface area contributed by atoms with Gasteiger partial charge in [0, 0.05) is 10.0 Å². The zero-order valence-corrected chi connectivity index (χ0v) is 13.3. The second-order valence-corrected chi connectivity index (χ2v) is 5.52. The summed E-state index contributed by atoms with van der Waals surface area (Å²) in [5.74, 6) is 1.51. The molecule has 0 radical (unpaired) electrons. The molecule has 0 aromatic heterocycles. The standard InChI is InChI=1S/C16H18BrNO3/c1-20-16-7-2-11(15(18)9-19)8-12(16)10-21-14-5-3-13(17)4-6-14/h2-8,15,19H,9-10,18H2,1H3/t15-/m1/s1. The molecule has 0 amide bonds. The lowest BCUT2D eigenvalue weighted by Crippen LogP contribution is -2.15. The largest absolute Gasteiger partial charge is 0.496 e. The minimum Gasteiger partial charge on any atom is -0.496 e. The zero-order chi connectivity index (χ0) is 15.2. The third-order valence-corrected chi connectivity index (χ3v) is 3.67. The van der Waals surface area contributed by atoms with Crippen molar-refractivity contribution in [3.05, 3.63) is 58.1 Å². The smallest absolute Gasteiger partial charge is 0.125 e. The van der Waals surface area contributed by atoms with Gasteiger partial charge in [-0.2, -0.15) is 0 Å². The Morgan fingerprint density at radius 1 is 1.19 bits per heavy atom. The number of rotatable bonds is 6. The Balaban J connectivity index is 2.15. The molecule has 0 unspecified atom stereocenters. The minimum absolute atomic E-state index is 0.0979. The average molecular weight is 352 g/mol. The van der Waals surface area contributed by atoms with Gasteiger partial charge in [0.2, 0.25) is 0 Å². The summed E-state index contributed by atoms with van der Waals surface area (Å²) in [4.78, 5) is 0. The van der Waals surface area contributed by atoms with E-state index in [2.05, 4.69) is 15.9 Å². The third kappa shape index (κ3) is 4.20. The molecule has 4 nitrogen and oxygen atoms in total. The van der Waals surface area contributed by atoms with Crippen LogP contribution in [0.25, 0.3) is 0 Å². The van der Waals surface area contributed by atoms with E-state index < -0.39 is 6.04 Å². The van der Waals surface area contributed by atoms with Crippen molar-refractivity contribution in [1.29, 1.82) is 0 Å². The van der Waals surface area contributed by atoms with Crippen LogP contribution >= 0.6 is 15.9 Å². The predicted octanol–water partition coefficient (Wildman–Crippen LogP) is 3.03. The molecule has 2 aromatic rings. The molecular formula is C16H18BrNO3. The number of nitrogens with two attached hydrogens (primary N) is 1. The summed E-state index contributed by atoms with van der Waals surface area (Å²) in [7, 11) is 1.62. The van der Waals surface area contributed by atoms with Crippen LogP contribution in [0, 0.1) is 0 Å². The Morgan fingerprint density at radius 3 is 2.52 bits per heavy atom. The molecule has 112 valence electrons. The van der Waals surface area contributed by atoms with Crippen molar-refractivity contribution in [3.63, 3.8) is 0 Å². The number of methoxy groups -OCH3 is 1. The molecule has 0 fully saturated rings.